The number of piperidine rings is 1. The molecule has 0 radical (unpaired) electrons. The maximum absolute atomic E-state index is 5.99. The largest absolute Gasteiger partial charge is 0.496 e. The number of hydrogen-bond acceptors (Lipinski definition) is 3. The van der Waals surface area contributed by atoms with Gasteiger partial charge >= 0.3 is 0 Å². The third-order valence-corrected chi connectivity index (χ3v) is 3.65. The molecule has 0 bridgehead atoms. The van der Waals surface area contributed by atoms with E-state index in [-0.39, 0.29) is 0 Å². The molecule has 1 aromatic carbocycles. The minimum atomic E-state index is 0.380. The molecule has 0 unspecified atom stereocenters. The Morgan fingerprint density at radius 2 is 2.22 bits per heavy atom. The van der Waals surface area contributed by atoms with Gasteiger partial charge in [0.05, 0.1) is 7.11 Å². The predicted octanol–water partition coefficient (Wildman–Crippen LogP) is 2.05. The number of likely N-dealkylation sites (tertiary alicyclic amines) is 1. The topological polar surface area (TPSA) is 38.5 Å². The molecule has 0 amide bonds. The number of benzene rings is 1. The van der Waals surface area contributed by atoms with E-state index in [1.54, 1.807) is 7.11 Å². The van der Waals surface area contributed by atoms with Gasteiger partial charge < -0.3 is 15.4 Å². The van der Waals surface area contributed by atoms with Gasteiger partial charge in [-0.1, -0.05) is 18.2 Å². The summed E-state index contributed by atoms with van der Waals surface area (Å²) in [6.45, 7) is 3.41. The molecule has 2 rings (SSSR count). The third-order valence-electron chi connectivity index (χ3n) is 3.65. The Labute approximate surface area is 110 Å². The van der Waals surface area contributed by atoms with Crippen molar-refractivity contribution in [2.45, 2.75) is 31.7 Å². The minimum absolute atomic E-state index is 0.380. The van der Waals surface area contributed by atoms with Crippen LogP contribution >= 0.6 is 0 Å². The fraction of sp³-hybridized carbons (Fsp3) is 0.600. The van der Waals surface area contributed by atoms with Crippen LogP contribution in [0.25, 0.3) is 0 Å². The highest BCUT2D eigenvalue weighted by molar-refractivity contribution is 5.33. The molecule has 0 spiro atoms. The number of hydrogen-bond donors (Lipinski definition) is 1. The van der Waals surface area contributed by atoms with E-state index in [1.807, 2.05) is 12.1 Å². The van der Waals surface area contributed by atoms with Crippen molar-refractivity contribution in [2.75, 3.05) is 26.7 Å². The van der Waals surface area contributed by atoms with E-state index in [0.717, 1.165) is 25.3 Å². The molecule has 3 nitrogen and oxygen atoms in total. The number of nitrogens with zero attached hydrogens (tertiary/aromatic N) is 1. The van der Waals surface area contributed by atoms with Gasteiger partial charge in [-0.05, 0) is 50.4 Å². The van der Waals surface area contributed by atoms with Crippen molar-refractivity contribution >= 4 is 0 Å². The lowest BCUT2D eigenvalue weighted by atomic mass is 10.0. The molecule has 100 valence electrons. The molecule has 1 aliphatic heterocycles. The molecule has 3 heteroatoms. The summed E-state index contributed by atoms with van der Waals surface area (Å²) in [5.41, 5.74) is 7.30. The van der Waals surface area contributed by atoms with Crippen molar-refractivity contribution < 1.29 is 4.74 Å². The van der Waals surface area contributed by atoms with Crippen LogP contribution in [0.2, 0.25) is 0 Å². The van der Waals surface area contributed by atoms with Gasteiger partial charge in [0.15, 0.2) is 0 Å². The first-order valence-corrected chi connectivity index (χ1v) is 6.89. The van der Waals surface area contributed by atoms with Gasteiger partial charge in [0.1, 0.15) is 5.75 Å². The van der Waals surface area contributed by atoms with Crippen molar-refractivity contribution in [3.05, 3.63) is 29.8 Å². The lowest BCUT2D eigenvalue weighted by molar-refractivity contribution is 0.207. The second kappa shape index (κ2) is 6.76. The Morgan fingerprint density at radius 3 is 3.00 bits per heavy atom. The van der Waals surface area contributed by atoms with Crippen molar-refractivity contribution in [3.63, 3.8) is 0 Å². The van der Waals surface area contributed by atoms with E-state index < -0.39 is 0 Å². The first-order chi connectivity index (χ1) is 8.79. The highest BCUT2D eigenvalue weighted by atomic mass is 16.5. The molecule has 0 aromatic heterocycles. The van der Waals surface area contributed by atoms with Gasteiger partial charge in [-0.2, -0.15) is 0 Å². The van der Waals surface area contributed by atoms with Crippen molar-refractivity contribution in [3.8, 4) is 5.75 Å². The van der Waals surface area contributed by atoms with E-state index in [9.17, 15) is 0 Å². The smallest absolute Gasteiger partial charge is 0.122 e. The van der Waals surface area contributed by atoms with Crippen LogP contribution in [0.4, 0.5) is 0 Å². The number of ether oxygens (including phenoxy) is 1. The van der Waals surface area contributed by atoms with Crippen molar-refractivity contribution in [1.29, 1.82) is 0 Å². The average molecular weight is 248 g/mol. The molecule has 1 aliphatic rings. The molecule has 0 saturated carbocycles. The van der Waals surface area contributed by atoms with Crippen LogP contribution in [-0.2, 0) is 6.42 Å². The summed E-state index contributed by atoms with van der Waals surface area (Å²) >= 11 is 0. The minimum Gasteiger partial charge on any atom is -0.496 e. The summed E-state index contributed by atoms with van der Waals surface area (Å²) in [6, 6.07) is 8.66. The Hall–Kier alpha value is -1.06. The van der Waals surface area contributed by atoms with Crippen LogP contribution in [0.15, 0.2) is 24.3 Å². The molecule has 2 N–H and O–H groups in total. The number of nitrogens with two attached hydrogens (primary N) is 1. The second-order valence-corrected chi connectivity index (χ2v) is 5.12. The van der Waals surface area contributed by atoms with E-state index in [0.29, 0.717) is 6.04 Å². The Balaban J connectivity index is 1.77. The highest BCUT2D eigenvalue weighted by Crippen LogP contribution is 2.19. The Kier molecular flexibility index (Phi) is 5.02. The molecular weight excluding hydrogens is 224 g/mol. The van der Waals surface area contributed by atoms with Gasteiger partial charge in [-0.25, -0.2) is 0 Å². The van der Waals surface area contributed by atoms with Crippen molar-refractivity contribution in [1.82, 2.24) is 4.90 Å². The van der Waals surface area contributed by atoms with Gasteiger partial charge in [0.25, 0.3) is 0 Å². The Morgan fingerprint density at radius 1 is 1.39 bits per heavy atom. The fourth-order valence-electron chi connectivity index (χ4n) is 2.70. The lowest BCUT2D eigenvalue weighted by Crippen LogP contribution is -2.43. The molecule has 1 atom stereocenters. The van der Waals surface area contributed by atoms with Crippen LogP contribution in [0.1, 0.15) is 24.8 Å². The number of para-hydroxylation sites is 1. The summed E-state index contributed by atoms with van der Waals surface area (Å²) in [6.07, 6.45) is 4.68. The first kappa shape index (κ1) is 13.4. The van der Waals surface area contributed by atoms with Crippen LogP contribution in [0.3, 0.4) is 0 Å². The van der Waals surface area contributed by atoms with Gasteiger partial charge in [0.2, 0.25) is 0 Å². The van der Waals surface area contributed by atoms with Crippen molar-refractivity contribution in [2.24, 2.45) is 5.73 Å². The molecule has 1 saturated heterocycles. The van der Waals surface area contributed by atoms with Crippen LogP contribution in [-0.4, -0.2) is 37.7 Å². The summed E-state index contributed by atoms with van der Waals surface area (Å²) < 4.78 is 5.37. The predicted molar refractivity (Wildman–Crippen MR) is 75.0 cm³/mol. The molecule has 1 fully saturated rings. The van der Waals surface area contributed by atoms with E-state index in [4.69, 9.17) is 10.5 Å². The lowest BCUT2D eigenvalue weighted by Gasteiger charge is -2.30. The molecule has 0 aliphatic carbocycles. The number of methoxy groups -OCH3 is 1. The normalized spacial score (nSPS) is 20.9. The summed E-state index contributed by atoms with van der Waals surface area (Å²) in [7, 11) is 1.74. The SMILES string of the molecule is COc1ccccc1CCCN1CCC[C@H](N)C1. The van der Waals surface area contributed by atoms with E-state index in [1.165, 1.54) is 31.4 Å². The quantitative estimate of drug-likeness (QED) is 0.866. The fourth-order valence-corrected chi connectivity index (χ4v) is 2.70. The van der Waals surface area contributed by atoms with E-state index in [2.05, 4.69) is 17.0 Å². The summed E-state index contributed by atoms with van der Waals surface area (Å²) in [5, 5.41) is 0. The van der Waals surface area contributed by atoms with E-state index >= 15 is 0 Å². The van der Waals surface area contributed by atoms with Crippen LogP contribution < -0.4 is 10.5 Å². The molecule has 18 heavy (non-hydrogen) atoms. The third kappa shape index (κ3) is 3.72. The van der Waals surface area contributed by atoms with Gasteiger partial charge in [-0.3, -0.25) is 0 Å². The standard InChI is InChI=1S/C15H24N2O/c1-18-15-9-3-2-6-13(15)7-4-10-17-11-5-8-14(16)12-17/h2-3,6,9,14H,4-5,7-8,10-12,16H2,1H3/t14-/m0/s1. The average Bonchev–Trinajstić information content (AvgIpc) is 2.39. The van der Waals surface area contributed by atoms with Crippen LogP contribution in [0, 0.1) is 0 Å². The highest BCUT2D eigenvalue weighted by Gasteiger charge is 2.15. The first-order valence-electron chi connectivity index (χ1n) is 6.89. The zero-order chi connectivity index (χ0) is 12.8. The van der Waals surface area contributed by atoms with Gasteiger partial charge in [-0.15, -0.1) is 0 Å². The molecule has 1 heterocycles. The zero-order valence-electron chi connectivity index (χ0n) is 11.3. The maximum atomic E-state index is 5.99. The monoisotopic (exact) mass is 248 g/mol. The molecular formula is C15H24N2O. The summed E-state index contributed by atoms with van der Waals surface area (Å²) in [4.78, 5) is 2.49. The second-order valence-electron chi connectivity index (χ2n) is 5.12. The van der Waals surface area contributed by atoms with Crippen LogP contribution in [0.5, 0.6) is 5.75 Å². The molecule has 1 aromatic rings. The van der Waals surface area contributed by atoms with Gasteiger partial charge in [0, 0.05) is 12.6 Å². The number of aryl methyl sites for hydroxylation is 1. The zero-order valence-corrected chi connectivity index (χ0v) is 11.3. The number of rotatable bonds is 5. The summed E-state index contributed by atoms with van der Waals surface area (Å²) in [5.74, 6) is 1.01. The Bertz CT molecular complexity index is 367. The maximum Gasteiger partial charge on any atom is 0.122 e.